The van der Waals surface area contributed by atoms with Gasteiger partial charge in [0, 0.05) is 27.7 Å². The van der Waals surface area contributed by atoms with Gasteiger partial charge in [-0.05, 0) is 36.4 Å². The summed E-state index contributed by atoms with van der Waals surface area (Å²) in [4.78, 5) is 3.93. The summed E-state index contributed by atoms with van der Waals surface area (Å²) in [6, 6.07) is 10.5. The third-order valence-electron chi connectivity index (χ3n) is 3.03. The first-order valence-electron chi connectivity index (χ1n) is 6.31. The number of rotatable bonds is 3. The minimum absolute atomic E-state index is 0.0193. The first-order valence-corrected chi connectivity index (χ1v) is 8.85. The molecule has 0 radical (unpaired) electrons. The number of nitrogens with zero attached hydrogens (tertiary/aromatic N) is 1. The Morgan fingerprint density at radius 1 is 0.913 bits per heavy atom. The van der Waals surface area contributed by atoms with E-state index >= 15 is 0 Å². The lowest BCUT2D eigenvalue weighted by Crippen LogP contribution is -2.10. The van der Waals surface area contributed by atoms with Gasteiger partial charge in [0.2, 0.25) is 0 Å². The average Bonchev–Trinajstić information content (AvgIpc) is 2.50. The van der Waals surface area contributed by atoms with Gasteiger partial charge in [0.15, 0.2) is 5.75 Å². The van der Waals surface area contributed by atoms with Crippen molar-refractivity contribution in [2.75, 3.05) is 0 Å². The zero-order chi connectivity index (χ0) is 16.6. The summed E-state index contributed by atoms with van der Waals surface area (Å²) in [6.07, 6.45) is 1.45. The van der Waals surface area contributed by atoms with E-state index in [0.29, 0.717) is 15.9 Å². The predicted octanol–water partition coefficient (Wildman–Crippen LogP) is 4.96. The molecule has 0 atom stereocenters. The molecule has 4 nitrogen and oxygen atoms in total. The van der Waals surface area contributed by atoms with Crippen LogP contribution < -0.4 is 4.18 Å². The molecule has 0 saturated carbocycles. The molecule has 0 aliphatic rings. The monoisotopic (exact) mass is 387 g/mol. The summed E-state index contributed by atoms with van der Waals surface area (Å²) in [5.41, 5.74) is 0.555. The number of benzene rings is 2. The van der Waals surface area contributed by atoms with Crippen molar-refractivity contribution in [1.29, 1.82) is 0 Å². The van der Waals surface area contributed by atoms with Crippen molar-refractivity contribution in [3.05, 3.63) is 63.7 Å². The summed E-state index contributed by atoms with van der Waals surface area (Å²) in [6.45, 7) is 0. The molecule has 0 aliphatic carbocycles. The second-order valence-electron chi connectivity index (χ2n) is 4.58. The Labute approximate surface area is 147 Å². The van der Waals surface area contributed by atoms with Gasteiger partial charge in [-0.3, -0.25) is 4.98 Å². The largest absolute Gasteiger partial charge is 0.378 e. The van der Waals surface area contributed by atoms with Crippen LogP contribution in [0, 0.1) is 0 Å². The Kier molecular flexibility index (Phi) is 4.38. The first kappa shape index (κ1) is 16.3. The lowest BCUT2D eigenvalue weighted by Gasteiger charge is -2.10. The Morgan fingerprint density at radius 2 is 1.61 bits per heavy atom. The maximum absolute atomic E-state index is 12.5. The summed E-state index contributed by atoms with van der Waals surface area (Å²) in [7, 11) is -4.16. The second kappa shape index (κ2) is 6.17. The van der Waals surface area contributed by atoms with Crippen LogP contribution >= 0.6 is 34.8 Å². The second-order valence-corrected chi connectivity index (χ2v) is 7.38. The van der Waals surface area contributed by atoms with Crippen LogP contribution in [0.4, 0.5) is 0 Å². The molecule has 0 amide bonds. The van der Waals surface area contributed by atoms with Gasteiger partial charge in [-0.15, -0.1) is 0 Å². The molecule has 0 fully saturated rings. The molecular weight excluding hydrogens is 381 g/mol. The van der Waals surface area contributed by atoms with E-state index in [4.69, 9.17) is 39.0 Å². The number of hydrogen-bond acceptors (Lipinski definition) is 4. The maximum atomic E-state index is 12.5. The minimum atomic E-state index is -4.16. The fourth-order valence-corrected chi connectivity index (χ4v) is 3.86. The van der Waals surface area contributed by atoms with Crippen molar-refractivity contribution in [2.24, 2.45) is 0 Å². The van der Waals surface area contributed by atoms with E-state index in [9.17, 15) is 8.42 Å². The highest BCUT2D eigenvalue weighted by Gasteiger charge is 2.22. The summed E-state index contributed by atoms with van der Waals surface area (Å²) < 4.78 is 30.2. The molecule has 3 rings (SSSR count). The normalized spacial score (nSPS) is 11.6. The molecule has 0 bridgehead atoms. The maximum Gasteiger partial charge on any atom is 0.340 e. The molecule has 0 spiro atoms. The smallest absolute Gasteiger partial charge is 0.340 e. The van der Waals surface area contributed by atoms with Crippen LogP contribution in [0.5, 0.6) is 5.75 Å². The summed E-state index contributed by atoms with van der Waals surface area (Å²) in [5, 5.41) is 1.17. The predicted molar refractivity (Wildman–Crippen MR) is 91.0 cm³/mol. The molecule has 0 N–H and O–H groups in total. The standard InChI is InChI=1S/C15H8Cl3NO3S/c16-9-2-4-13-11(7-9)14(5-6-19-13)22-23(20,21)15-8-10(17)1-3-12(15)18/h1-8H. The molecule has 0 aliphatic heterocycles. The fraction of sp³-hybridized carbons (Fsp3) is 0. The number of aromatic nitrogens is 1. The summed E-state index contributed by atoms with van der Waals surface area (Å²) in [5.74, 6) is 0.105. The Morgan fingerprint density at radius 3 is 2.39 bits per heavy atom. The van der Waals surface area contributed by atoms with Crippen molar-refractivity contribution >= 4 is 55.8 Å². The molecule has 3 aromatic rings. The van der Waals surface area contributed by atoms with Crippen LogP contribution in [-0.2, 0) is 10.1 Å². The van der Waals surface area contributed by atoms with Gasteiger partial charge < -0.3 is 4.18 Å². The Hall–Kier alpha value is -1.53. The van der Waals surface area contributed by atoms with Gasteiger partial charge in [0.1, 0.15) is 4.90 Å². The fourth-order valence-electron chi connectivity index (χ4n) is 2.00. The molecule has 8 heteroatoms. The Balaban J connectivity index is 2.11. The SMILES string of the molecule is O=S(=O)(Oc1ccnc2ccc(Cl)cc12)c1cc(Cl)ccc1Cl. The molecular formula is C15H8Cl3NO3S. The molecule has 1 aromatic heterocycles. The third-order valence-corrected chi connectivity index (χ3v) is 5.21. The van der Waals surface area contributed by atoms with Crippen LogP contribution in [0.25, 0.3) is 10.9 Å². The first-order chi connectivity index (χ1) is 10.9. The topological polar surface area (TPSA) is 56.3 Å². The van der Waals surface area contributed by atoms with E-state index in [0.717, 1.165) is 0 Å². The van der Waals surface area contributed by atoms with Crippen molar-refractivity contribution in [3.8, 4) is 5.75 Å². The number of hydrogen-bond donors (Lipinski definition) is 0. The van der Waals surface area contributed by atoms with Crippen LogP contribution in [0.15, 0.2) is 53.6 Å². The third kappa shape index (κ3) is 3.38. The van der Waals surface area contributed by atoms with Crippen LogP contribution in [0.2, 0.25) is 15.1 Å². The van der Waals surface area contributed by atoms with E-state index in [1.165, 1.54) is 30.5 Å². The molecule has 1 heterocycles. The molecule has 2 aromatic carbocycles. The molecule has 118 valence electrons. The lowest BCUT2D eigenvalue weighted by molar-refractivity contribution is 0.488. The quantitative estimate of drug-likeness (QED) is 0.595. The van der Waals surface area contributed by atoms with E-state index in [1.54, 1.807) is 18.2 Å². The minimum Gasteiger partial charge on any atom is -0.378 e. The Bertz CT molecular complexity index is 1010. The number of pyridine rings is 1. The van der Waals surface area contributed by atoms with Crippen molar-refractivity contribution < 1.29 is 12.6 Å². The zero-order valence-electron chi connectivity index (χ0n) is 11.3. The van der Waals surface area contributed by atoms with Gasteiger partial charge in [-0.1, -0.05) is 34.8 Å². The van der Waals surface area contributed by atoms with Gasteiger partial charge in [0.25, 0.3) is 0 Å². The van der Waals surface area contributed by atoms with Crippen molar-refractivity contribution in [2.45, 2.75) is 4.90 Å². The number of halogens is 3. The number of fused-ring (bicyclic) bond motifs is 1. The summed E-state index contributed by atoms with van der Waals surface area (Å²) >= 11 is 17.7. The van der Waals surface area contributed by atoms with Crippen LogP contribution in [0.3, 0.4) is 0 Å². The van der Waals surface area contributed by atoms with Crippen LogP contribution in [-0.4, -0.2) is 13.4 Å². The van der Waals surface area contributed by atoms with Gasteiger partial charge >= 0.3 is 10.1 Å². The van der Waals surface area contributed by atoms with Gasteiger partial charge in [-0.25, -0.2) is 0 Å². The highest BCUT2D eigenvalue weighted by atomic mass is 35.5. The highest BCUT2D eigenvalue weighted by molar-refractivity contribution is 7.87. The van der Waals surface area contributed by atoms with Crippen molar-refractivity contribution in [1.82, 2.24) is 4.98 Å². The van der Waals surface area contributed by atoms with Gasteiger partial charge in [-0.2, -0.15) is 8.42 Å². The molecule has 0 unspecified atom stereocenters. The van der Waals surface area contributed by atoms with Crippen molar-refractivity contribution in [3.63, 3.8) is 0 Å². The zero-order valence-corrected chi connectivity index (χ0v) is 14.4. The van der Waals surface area contributed by atoms with Gasteiger partial charge in [0.05, 0.1) is 10.5 Å². The van der Waals surface area contributed by atoms with Crippen LogP contribution in [0.1, 0.15) is 0 Å². The van der Waals surface area contributed by atoms with E-state index in [-0.39, 0.29) is 20.7 Å². The van der Waals surface area contributed by atoms with E-state index in [1.807, 2.05) is 0 Å². The highest BCUT2D eigenvalue weighted by Crippen LogP contribution is 2.31. The average molecular weight is 389 g/mol. The molecule has 0 saturated heterocycles. The molecule has 23 heavy (non-hydrogen) atoms. The lowest BCUT2D eigenvalue weighted by atomic mass is 10.2. The van der Waals surface area contributed by atoms with E-state index < -0.39 is 10.1 Å². The van der Waals surface area contributed by atoms with E-state index in [2.05, 4.69) is 4.98 Å².